The second kappa shape index (κ2) is 6.00. The minimum atomic E-state index is -0.803. The van der Waals surface area contributed by atoms with E-state index in [1.165, 1.54) is 6.08 Å². The fraction of sp³-hybridized carbons (Fsp3) is 0.0714. The number of pyridine rings is 1. The molecule has 0 saturated carbocycles. The molecular weight excluding hydrogens is 288 g/mol. The Morgan fingerprint density at radius 3 is 2.18 bits per heavy atom. The summed E-state index contributed by atoms with van der Waals surface area (Å²) in [6, 6.07) is 8.29. The van der Waals surface area contributed by atoms with Crippen LogP contribution in [0.5, 0.6) is 0 Å². The van der Waals surface area contributed by atoms with Crippen LogP contribution in [0.15, 0.2) is 30.3 Å². The molecule has 0 aliphatic rings. The first-order valence-corrected chi connectivity index (χ1v) is 6.22. The van der Waals surface area contributed by atoms with Gasteiger partial charge in [0.15, 0.2) is 0 Å². The van der Waals surface area contributed by atoms with Crippen molar-refractivity contribution in [2.24, 2.45) is 0 Å². The lowest BCUT2D eigenvalue weighted by atomic mass is 10.1. The van der Waals surface area contributed by atoms with Gasteiger partial charge in [0.1, 0.15) is 11.8 Å². The highest BCUT2D eigenvalue weighted by Crippen LogP contribution is 2.28. The number of nitrogens with two attached hydrogens (primary N) is 1. The molecule has 2 rings (SSSR count). The van der Waals surface area contributed by atoms with Crippen LogP contribution in [0, 0.1) is 27.2 Å². The summed E-state index contributed by atoms with van der Waals surface area (Å²) in [4.78, 5) is 24.0. The maximum atomic E-state index is 11.0. The first-order valence-electron chi connectivity index (χ1n) is 6.22. The summed E-state index contributed by atoms with van der Waals surface area (Å²) in [6.07, 6.45) is 3.03. The monoisotopic (exact) mass is 300 g/mol. The number of aromatic nitrogens is 1. The maximum Gasteiger partial charge on any atom is 0.318 e. The fourth-order valence-electron chi connectivity index (χ4n) is 1.79. The number of nitrogens with zero attached hydrogens (tertiary/aromatic N) is 3. The summed E-state index contributed by atoms with van der Waals surface area (Å²) in [7, 11) is 0. The second-order valence-electron chi connectivity index (χ2n) is 4.56. The molecule has 112 valence electrons. The third-order valence-electron chi connectivity index (χ3n) is 2.94. The van der Waals surface area contributed by atoms with Crippen molar-refractivity contribution in [3.8, 4) is 0 Å². The van der Waals surface area contributed by atoms with Gasteiger partial charge in [-0.2, -0.15) is 0 Å². The summed E-state index contributed by atoms with van der Waals surface area (Å²) in [5.74, 6) is -0.362. The van der Waals surface area contributed by atoms with Gasteiger partial charge in [0.05, 0.1) is 9.85 Å². The Kier molecular flexibility index (Phi) is 4.12. The SMILES string of the molecule is Cc1ccc(/C=C/c2nc(N)c([N+](=O)[O-])cc2[N+](=O)[O-])cc1. The molecule has 0 spiro atoms. The first-order chi connectivity index (χ1) is 10.4. The van der Waals surface area contributed by atoms with Crippen molar-refractivity contribution < 1.29 is 9.85 Å². The average Bonchev–Trinajstić information content (AvgIpc) is 2.46. The lowest BCUT2D eigenvalue weighted by molar-refractivity contribution is -0.394. The molecule has 0 fully saturated rings. The third-order valence-corrected chi connectivity index (χ3v) is 2.94. The molecule has 2 N–H and O–H groups in total. The van der Waals surface area contributed by atoms with E-state index in [4.69, 9.17) is 5.73 Å². The van der Waals surface area contributed by atoms with Crippen molar-refractivity contribution in [2.75, 3.05) is 5.73 Å². The van der Waals surface area contributed by atoms with Crippen LogP contribution in [0.25, 0.3) is 12.2 Å². The largest absolute Gasteiger partial charge is 0.378 e. The molecule has 0 radical (unpaired) electrons. The van der Waals surface area contributed by atoms with Crippen molar-refractivity contribution >= 4 is 29.3 Å². The van der Waals surface area contributed by atoms with E-state index in [2.05, 4.69) is 4.98 Å². The molecule has 1 heterocycles. The van der Waals surface area contributed by atoms with E-state index in [0.29, 0.717) is 0 Å². The van der Waals surface area contributed by atoms with Gasteiger partial charge in [-0.25, -0.2) is 4.98 Å². The van der Waals surface area contributed by atoms with Crippen molar-refractivity contribution in [3.63, 3.8) is 0 Å². The molecule has 1 aromatic carbocycles. The minimum Gasteiger partial charge on any atom is -0.378 e. The molecule has 0 amide bonds. The zero-order valence-corrected chi connectivity index (χ0v) is 11.6. The zero-order valence-electron chi connectivity index (χ0n) is 11.6. The molecular formula is C14H12N4O4. The highest BCUT2D eigenvalue weighted by Gasteiger charge is 2.23. The number of aryl methyl sites for hydroxylation is 1. The van der Waals surface area contributed by atoms with Crippen LogP contribution in [-0.2, 0) is 0 Å². The molecule has 0 saturated heterocycles. The molecule has 0 atom stereocenters. The van der Waals surface area contributed by atoms with E-state index in [1.54, 1.807) is 6.08 Å². The van der Waals surface area contributed by atoms with Crippen molar-refractivity contribution in [1.29, 1.82) is 0 Å². The average molecular weight is 300 g/mol. The molecule has 0 aliphatic heterocycles. The third kappa shape index (κ3) is 3.23. The number of hydrogen-bond donors (Lipinski definition) is 1. The van der Waals surface area contributed by atoms with Crippen LogP contribution in [0.2, 0.25) is 0 Å². The number of nitrogen functional groups attached to an aromatic ring is 1. The number of nitro groups is 2. The molecule has 0 bridgehead atoms. The van der Waals surface area contributed by atoms with Crippen molar-refractivity contribution in [2.45, 2.75) is 6.92 Å². The number of hydrogen-bond acceptors (Lipinski definition) is 6. The predicted octanol–water partition coefficient (Wildman–Crippen LogP) is 2.96. The van der Waals surface area contributed by atoms with Gasteiger partial charge < -0.3 is 5.73 Å². The lowest BCUT2D eigenvalue weighted by Crippen LogP contribution is -2.03. The van der Waals surface area contributed by atoms with Crippen LogP contribution in [0.3, 0.4) is 0 Å². The number of rotatable bonds is 4. The summed E-state index contributed by atoms with van der Waals surface area (Å²) >= 11 is 0. The Hall–Kier alpha value is -3.29. The molecule has 22 heavy (non-hydrogen) atoms. The summed E-state index contributed by atoms with van der Waals surface area (Å²) in [5, 5.41) is 21.8. The Bertz CT molecular complexity index is 769. The van der Waals surface area contributed by atoms with Gasteiger partial charge in [-0.1, -0.05) is 35.9 Å². The highest BCUT2D eigenvalue weighted by molar-refractivity contribution is 5.75. The molecule has 2 aromatic rings. The Labute approximate surface area is 125 Å². The van der Waals surface area contributed by atoms with Gasteiger partial charge in [-0.3, -0.25) is 20.2 Å². The zero-order chi connectivity index (χ0) is 16.3. The van der Waals surface area contributed by atoms with E-state index in [9.17, 15) is 20.2 Å². The van der Waals surface area contributed by atoms with Gasteiger partial charge in [0.25, 0.3) is 0 Å². The Morgan fingerprint density at radius 1 is 1.05 bits per heavy atom. The highest BCUT2D eigenvalue weighted by atomic mass is 16.6. The molecule has 8 nitrogen and oxygen atoms in total. The van der Waals surface area contributed by atoms with Crippen molar-refractivity contribution in [3.05, 3.63) is 67.4 Å². The molecule has 1 aromatic heterocycles. The first kappa shape index (κ1) is 15.1. The van der Waals surface area contributed by atoms with Crippen LogP contribution in [0.4, 0.5) is 17.2 Å². The minimum absolute atomic E-state index is 0.0336. The van der Waals surface area contributed by atoms with Crippen LogP contribution >= 0.6 is 0 Å². The van der Waals surface area contributed by atoms with E-state index in [1.807, 2.05) is 31.2 Å². The maximum absolute atomic E-state index is 11.0. The summed E-state index contributed by atoms with van der Waals surface area (Å²) in [6.45, 7) is 1.94. The van der Waals surface area contributed by atoms with E-state index < -0.39 is 21.2 Å². The van der Waals surface area contributed by atoms with Crippen molar-refractivity contribution in [1.82, 2.24) is 4.98 Å². The topological polar surface area (TPSA) is 125 Å². The lowest BCUT2D eigenvalue weighted by Gasteiger charge is -2.01. The smallest absolute Gasteiger partial charge is 0.318 e. The van der Waals surface area contributed by atoms with Gasteiger partial charge in [-0.05, 0) is 18.6 Å². The quantitative estimate of drug-likeness (QED) is 0.683. The Balaban J connectivity index is 2.45. The standard InChI is InChI=1S/C14H12N4O4/c1-9-2-4-10(5-3-9)6-7-11-12(17(19)20)8-13(18(21)22)14(15)16-11/h2-8H,1H3,(H2,15,16)/b7-6+. The van der Waals surface area contributed by atoms with Gasteiger partial charge >= 0.3 is 11.4 Å². The number of anilines is 1. The summed E-state index contributed by atoms with van der Waals surface area (Å²) < 4.78 is 0. The van der Waals surface area contributed by atoms with E-state index >= 15 is 0 Å². The van der Waals surface area contributed by atoms with Crippen LogP contribution in [-0.4, -0.2) is 14.8 Å². The van der Waals surface area contributed by atoms with Gasteiger partial charge in [0.2, 0.25) is 5.82 Å². The normalized spacial score (nSPS) is 10.8. The van der Waals surface area contributed by atoms with Gasteiger partial charge in [0, 0.05) is 0 Å². The van der Waals surface area contributed by atoms with Crippen LogP contribution in [0.1, 0.15) is 16.8 Å². The Morgan fingerprint density at radius 2 is 1.64 bits per heavy atom. The number of benzene rings is 1. The van der Waals surface area contributed by atoms with Gasteiger partial charge in [-0.15, -0.1) is 0 Å². The van der Waals surface area contributed by atoms with E-state index in [0.717, 1.165) is 17.2 Å². The summed E-state index contributed by atoms with van der Waals surface area (Å²) in [5.41, 5.74) is 6.29. The fourth-order valence-corrected chi connectivity index (χ4v) is 1.79. The predicted molar refractivity (Wildman–Crippen MR) is 82.1 cm³/mol. The molecule has 0 aliphatic carbocycles. The molecule has 0 unspecified atom stereocenters. The second-order valence-corrected chi connectivity index (χ2v) is 4.56. The molecule has 8 heteroatoms. The van der Waals surface area contributed by atoms with E-state index in [-0.39, 0.29) is 11.5 Å². The van der Waals surface area contributed by atoms with Crippen LogP contribution < -0.4 is 5.73 Å².